The number of aromatic nitrogens is 2. The van der Waals surface area contributed by atoms with E-state index in [0.717, 1.165) is 24.2 Å². The Labute approximate surface area is 103 Å². The average molecular weight is 231 g/mol. The lowest BCUT2D eigenvalue weighted by Gasteiger charge is -2.07. The number of hydrogen-bond acceptors (Lipinski definition) is 2. The van der Waals surface area contributed by atoms with Crippen LogP contribution in [-0.2, 0) is 13.0 Å². The van der Waals surface area contributed by atoms with E-state index in [9.17, 15) is 0 Å². The van der Waals surface area contributed by atoms with Crippen molar-refractivity contribution in [3.8, 4) is 0 Å². The van der Waals surface area contributed by atoms with Crippen molar-refractivity contribution >= 4 is 16.7 Å². The Morgan fingerprint density at radius 2 is 2.06 bits per heavy atom. The highest BCUT2D eigenvalue weighted by atomic mass is 15.1. The highest BCUT2D eigenvalue weighted by Gasteiger charge is 2.08. The van der Waals surface area contributed by atoms with Crippen LogP contribution in [0, 0.1) is 0 Å². The smallest absolute Gasteiger partial charge is 0.109 e. The van der Waals surface area contributed by atoms with Crippen molar-refractivity contribution in [3.63, 3.8) is 0 Å². The average Bonchev–Trinajstić information content (AvgIpc) is 2.67. The van der Waals surface area contributed by atoms with Crippen LogP contribution in [0.1, 0.15) is 38.9 Å². The molecule has 1 heterocycles. The Kier molecular flexibility index (Phi) is 3.67. The van der Waals surface area contributed by atoms with Gasteiger partial charge in [0, 0.05) is 18.7 Å². The Balaban J connectivity index is 2.36. The Bertz CT molecular complexity index is 499. The predicted octanol–water partition coefficient (Wildman–Crippen LogP) is 3.37. The fraction of sp³-hybridized carbons (Fsp3) is 0.500. The molecule has 0 spiro atoms. The topological polar surface area (TPSA) is 43.8 Å². The van der Waals surface area contributed by atoms with Crippen LogP contribution in [-0.4, -0.2) is 9.55 Å². The summed E-state index contributed by atoms with van der Waals surface area (Å²) in [4.78, 5) is 4.65. The molecule has 17 heavy (non-hydrogen) atoms. The first kappa shape index (κ1) is 12.0. The maximum Gasteiger partial charge on any atom is 0.109 e. The number of unbranched alkanes of at least 4 members (excludes halogenated alkanes) is 2. The van der Waals surface area contributed by atoms with Gasteiger partial charge in [0.25, 0.3) is 0 Å². The third-order valence-corrected chi connectivity index (χ3v) is 3.15. The number of fused-ring (bicyclic) bond motifs is 1. The minimum atomic E-state index is 0.790. The van der Waals surface area contributed by atoms with E-state index in [1.54, 1.807) is 0 Å². The molecule has 0 atom stereocenters. The summed E-state index contributed by atoms with van der Waals surface area (Å²) < 4.78 is 2.34. The van der Waals surface area contributed by atoms with Crippen LogP contribution in [0.25, 0.3) is 11.0 Å². The van der Waals surface area contributed by atoms with Gasteiger partial charge in [-0.25, -0.2) is 4.98 Å². The highest BCUT2D eigenvalue weighted by molar-refractivity contribution is 5.79. The van der Waals surface area contributed by atoms with Crippen molar-refractivity contribution in [2.75, 3.05) is 5.73 Å². The fourth-order valence-electron chi connectivity index (χ4n) is 2.24. The molecule has 0 radical (unpaired) electrons. The standard InChI is InChI=1S/C14H21N3/c1-3-5-6-9-17-13-8-7-11(15)10-12(13)16-14(17)4-2/h7-8,10H,3-6,9,15H2,1-2H3. The molecule has 3 heteroatoms. The van der Waals surface area contributed by atoms with Gasteiger partial charge < -0.3 is 10.3 Å². The predicted molar refractivity (Wildman–Crippen MR) is 73.0 cm³/mol. The van der Waals surface area contributed by atoms with E-state index in [4.69, 9.17) is 5.73 Å². The molecule has 0 amide bonds. The molecule has 2 rings (SSSR count). The van der Waals surface area contributed by atoms with Crippen molar-refractivity contribution in [1.82, 2.24) is 9.55 Å². The maximum absolute atomic E-state index is 5.80. The Hall–Kier alpha value is -1.51. The van der Waals surface area contributed by atoms with Crippen LogP contribution in [0.15, 0.2) is 18.2 Å². The molecular formula is C14H21N3. The summed E-state index contributed by atoms with van der Waals surface area (Å²) in [5.41, 5.74) is 8.83. The zero-order chi connectivity index (χ0) is 12.3. The van der Waals surface area contributed by atoms with Crippen molar-refractivity contribution in [3.05, 3.63) is 24.0 Å². The zero-order valence-corrected chi connectivity index (χ0v) is 10.7. The molecule has 3 nitrogen and oxygen atoms in total. The molecule has 1 aromatic carbocycles. The van der Waals surface area contributed by atoms with E-state index in [0.29, 0.717) is 0 Å². The minimum Gasteiger partial charge on any atom is -0.399 e. The number of hydrogen-bond donors (Lipinski definition) is 1. The third-order valence-electron chi connectivity index (χ3n) is 3.15. The van der Waals surface area contributed by atoms with Crippen LogP contribution in [0.5, 0.6) is 0 Å². The summed E-state index contributed by atoms with van der Waals surface area (Å²) >= 11 is 0. The van der Waals surface area contributed by atoms with Crippen molar-refractivity contribution in [1.29, 1.82) is 0 Å². The lowest BCUT2D eigenvalue weighted by molar-refractivity contribution is 0.594. The second-order valence-corrected chi connectivity index (χ2v) is 4.49. The van der Waals surface area contributed by atoms with Crippen LogP contribution in [0.3, 0.4) is 0 Å². The Morgan fingerprint density at radius 3 is 2.76 bits per heavy atom. The summed E-state index contributed by atoms with van der Waals surface area (Å²) in [6.07, 6.45) is 4.72. The van der Waals surface area contributed by atoms with Gasteiger partial charge in [-0.15, -0.1) is 0 Å². The Morgan fingerprint density at radius 1 is 1.24 bits per heavy atom. The molecule has 0 aliphatic carbocycles. The fourth-order valence-corrected chi connectivity index (χ4v) is 2.24. The van der Waals surface area contributed by atoms with E-state index in [1.165, 1.54) is 30.6 Å². The van der Waals surface area contributed by atoms with Crippen LogP contribution in [0.4, 0.5) is 5.69 Å². The number of nitrogens with zero attached hydrogens (tertiary/aromatic N) is 2. The van der Waals surface area contributed by atoms with Crippen molar-refractivity contribution < 1.29 is 0 Å². The zero-order valence-electron chi connectivity index (χ0n) is 10.7. The molecule has 1 aromatic heterocycles. The van der Waals surface area contributed by atoms with Gasteiger partial charge in [0.1, 0.15) is 5.82 Å². The highest BCUT2D eigenvalue weighted by Crippen LogP contribution is 2.20. The summed E-state index contributed by atoms with van der Waals surface area (Å²) in [5.74, 6) is 1.17. The first-order chi connectivity index (χ1) is 8.26. The lowest BCUT2D eigenvalue weighted by atomic mass is 10.2. The van der Waals surface area contributed by atoms with E-state index in [1.807, 2.05) is 12.1 Å². The van der Waals surface area contributed by atoms with Crippen LogP contribution < -0.4 is 5.73 Å². The van der Waals surface area contributed by atoms with Gasteiger partial charge in [0.05, 0.1) is 11.0 Å². The molecule has 2 N–H and O–H groups in total. The monoisotopic (exact) mass is 231 g/mol. The summed E-state index contributed by atoms with van der Waals surface area (Å²) in [7, 11) is 0. The maximum atomic E-state index is 5.80. The first-order valence-corrected chi connectivity index (χ1v) is 6.51. The molecule has 2 aromatic rings. The number of nitrogens with two attached hydrogens (primary N) is 1. The molecule has 0 unspecified atom stereocenters. The van der Waals surface area contributed by atoms with Gasteiger partial charge in [-0.1, -0.05) is 26.7 Å². The van der Waals surface area contributed by atoms with Gasteiger partial charge in [0.2, 0.25) is 0 Å². The number of benzene rings is 1. The molecule has 0 saturated heterocycles. The first-order valence-electron chi connectivity index (χ1n) is 6.51. The number of imidazole rings is 1. The van der Waals surface area contributed by atoms with Gasteiger partial charge in [-0.3, -0.25) is 0 Å². The number of rotatable bonds is 5. The number of aryl methyl sites for hydroxylation is 2. The van der Waals surface area contributed by atoms with Crippen molar-refractivity contribution in [2.45, 2.75) is 46.1 Å². The molecule has 0 aliphatic rings. The second kappa shape index (κ2) is 5.21. The van der Waals surface area contributed by atoms with E-state index >= 15 is 0 Å². The molecular weight excluding hydrogens is 210 g/mol. The molecule has 0 bridgehead atoms. The quantitative estimate of drug-likeness (QED) is 0.633. The molecule has 92 valence electrons. The minimum absolute atomic E-state index is 0.790. The third kappa shape index (κ3) is 2.43. The molecule has 0 fully saturated rings. The largest absolute Gasteiger partial charge is 0.399 e. The van der Waals surface area contributed by atoms with Gasteiger partial charge >= 0.3 is 0 Å². The molecule has 0 saturated carbocycles. The summed E-state index contributed by atoms with van der Waals surface area (Å²) in [6, 6.07) is 6.01. The molecule has 0 aliphatic heterocycles. The van der Waals surface area contributed by atoms with E-state index < -0.39 is 0 Å². The van der Waals surface area contributed by atoms with Crippen LogP contribution in [0.2, 0.25) is 0 Å². The lowest BCUT2D eigenvalue weighted by Crippen LogP contribution is -2.03. The second-order valence-electron chi connectivity index (χ2n) is 4.49. The SMILES string of the molecule is CCCCCn1c(CC)nc2cc(N)ccc21. The van der Waals surface area contributed by atoms with Gasteiger partial charge in [-0.2, -0.15) is 0 Å². The van der Waals surface area contributed by atoms with Crippen LogP contribution >= 0.6 is 0 Å². The van der Waals surface area contributed by atoms with Gasteiger partial charge in [0.15, 0.2) is 0 Å². The van der Waals surface area contributed by atoms with Gasteiger partial charge in [-0.05, 0) is 24.6 Å². The summed E-state index contributed by atoms with van der Waals surface area (Å²) in [6.45, 7) is 5.45. The van der Waals surface area contributed by atoms with Crippen molar-refractivity contribution in [2.24, 2.45) is 0 Å². The summed E-state index contributed by atoms with van der Waals surface area (Å²) in [5, 5.41) is 0. The van der Waals surface area contributed by atoms with E-state index in [2.05, 4.69) is 29.5 Å². The number of anilines is 1. The normalized spacial score (nSPS) is 11.2. The van der Waals surface area contributed by atoms with E-state index in [-0.39, 0.29) is 0 Å². The number of nitrogen functional groups attached to an aromatic ring is 1.